The first-order valence-electron chi connectivity index (χ1n) is 8.53. The molecule has 1 atom stereocenters. The van der Waals surface area contributed by atoms with Gasteiger partial charge in [-0.2, -0.15) is 5.10 Å². The topological polar surface area (TPSA) is 85.1 Å². The molecule has 0 saturated heterocycles. The van der Waals surface area contributed by atoms with Crippen molar-refractivity contribution in [3.63, 3.8) is 0 Å². The first-order chi connectivity index (χ1) is 12.5. The predicted molar refractivity (Wildman–Crippen MR) is 101 cm³/mol. The minimum absolute atomic E-state index is 0.124. The van der Waals surface area contributed by atoms with Crippen molar-refractivity contribution in [3.05, 3.63) is 40.6 Å². The zero-order valence-corrected chi connectivity index (χ0v) is 15.9. The molecule has 0 bridgehead atoms. The fraction of sp³-hybridized carbons (Fsp3) is 0.389. The van der Waals surface area contributed by atoms with Gasteiger partial charge in [-0.15, -0.1) is 0 Å². The third kappa shape index (κ3) is 3.65. The van der Waals surface area contributed by atoms with Crippen LogP contribution < -0.4 is 10.1 Å². The molecule has 0 saturated carbocycles. The quantitative estimate of drug-likeness (QED) is 0.618. The number of H-pyrrole nitrogens is 1. The van der Waals surface area contributed by atoms with Crippen molar-refractivity contribution in [1.29, 1.82) is 0 Å². The lowest BCUT2D eigenvalue weighted by Gasteiger charge is -2.12. The third-order valence-electron chi connectivity index (χ3n) is 4.16. The lowest BCUT2D eigenvalue weighted by atomic mass is 10.2. The second-order valence-electron chi connectivity index (χ2n) is 6.10. The summed E-state index contributed by atoms with van der Waals surface area (Å²) in [5, 5.41) is 10.8. The molecule has 0 aliphatic carbocycles. The Morgan fingerprint density at radius 2 is 2.31 bits per heavy atom. The van der Waals surface area contributed by atoms with E-state index in [0.717, 1.165) is 24.1 Å². The van der Waals surface area contributed by atoms with Gasteiger partial charge in [-0.05, 0) is 37.7 Å². The first kappa shape index (κ1) is 18.2. The highest BCUT2D eigenvalue weighted by Gasteiger charge is 2.17. The number of ether oxygens (including phenoxy) is 1. The molecule has 3 aromatic rings. The van der Waals surface area contributed by atoms with Crippen LogP contribution in [0.1, 0.15) is 37.9 Å². The molecule has 0 fully saturated rings. The van der Waals surface area contributed by atoms with E-state index in [1.165, 1.54) is 0 Å². The van der Waals surface area contributed by atoms with Crippen molar-refractivity contribution in [3.8, 4) is 5.75 Å². The Kier molecular flexibility index (Phi) is 5.41. The van der Waals surface area contributed by atoms with Crippen LogP contribution >= 0.6 is 12.2 Å². The summed E-state index contributed by atoms with van der Waals surface area (Å²) in [5.41, 5.74) is 0.674. The van der Waals surface area contributed by atoms with Gasteiger partial charge < -0.3 is 14.5 Å². The molecule has 1 aromatic carbocycles. The van der Waals surface area contributed by atoms with Gasteiger partial charge >= 0.3 is 0 Å². The van der Waals surface area contributed by atoms with Gasteiger partial charge in [0.15, 0.2) is 16.1 Å². The van der Waals surface area contributed by atoms with Gasteiger partial charge in [0.25, 0.3) is 0 Å². The Labute approximate surface area is 156 Å². The summed E-state index contributed by atoms with van der Waals surface area (Å²) < 4.78 is 13.4. The average Bonchev–Trinajstić information content (AvgIpc) is 3.20. The monoisotopic (exact) mass is 374 g/mol. The molecule has 2 aromatic heterocycles. The number of carbonyl (C=O) groups is 1. The molecule has 3 rings (SSSR count). The number of nitrogens with one attached hydrogen (secondary N) is 2. The number of rotatable bonds is 7. The number of aromatic nitrogens is 3. The van der Waals surface area contributed by atoms with E-state index in [0.29, 0.717) is 21.9 Å². The van der Waals surface area contributed by atoms with Crippen molar-refractivity contribution in [1.82, 2.24) is 20.1 Å². The molecule has 2 N–H and O–H groups in total. The number of hydrogen-bond acceptors (Lipinski definition) is 5. The molecule has 0 aliphatic rings. The summed E-state index contributed by atoms with van der Waals surface area (Å²) in [5.74, 6) is 1.97. The number of para-hydroxylation sites is 1. The molecule has 2 heterocycles. The Bertz CT molecular complexity index is 972. The van der Waals surface area contributed by atoms with Crippen molar-refractivity contribution < 1.29 is 13.9 Å². The lowest BCUT2D eigenvalue weighted by Crippen LogP contribution is -2.30. The van der Waals surface area contributed by atoms with Crippen LogP contribution in [-0.4, -0.2) is 27.8 Å². The Hall–Kier alpha value is -2.61. The second kappa shape index (κ2) is 7.74. The van der Waals surface area contributed by atoms with Gasteiger partial charge in [0, 0.05) is 11.8 Å². The van der Waals surface area contributed by atoms with Crippen molar-refractivity contribution in [2.75, 3.05) is 7.11 Å². The fourth-order valence-electron chi connectivity index (χ4n) is 2.86. The molecular weight excluding hydrogens is 352 g/mol. The minimum atomic E-state index is -0.282. The van der Waals surface area contributed by atoms with Crippen LogP contribution in [0.4, 0.5) is 0 Å². The molecule has 0 spiro atoms. The highest BCUT2D eigenvalue weighted by Crippen LogP contribution is 2.30. The number of benzene rings is 1. The van der Waals surface area contributed by atoms with Gasteiger partial charge in [0.1, 0.15) is 18.1 Å². The molecule has 26 heavy (non-hydrogen) atoms. The summed E-state index contributed by atoms with van der Waals surface area (Å²) in [6.45, 7) is 4.06. The number of hydrogen-bond donors (Lipinski definition) is 2. The van der Waals surface area contributed by atoms with Gasteiger partial charge in [0.2, 0.25) is 5.91 Å². The number of aryl methyl sites for hydroxylation is 1. The zero-order chi connectivity index (χ0) is 18.7. The van der Waals surface area contributed by atoms with Gasteiger partial charge in [0.05, 0.1) is 13.2 Å². The number of nitrogens with zero attached hydrogens (tertiary/aromatic N) is 2. The number of carbonyl (C=O) groups excluding carboxylic acids is 1. The van der Waals surface area contributed by atoms with E-state index in [1.807, 2.05) is 31.2 Å². The van der Waals surface area contributed by atoms with E-state index in [2.05, 4.69) is 22.4 Å². The van der Waals surface area contributed by atoms with E-state index >= 15 is 0 Å². The maximum atomic E-state index is 12.5. The highest BCUT2D eigenvalue weighted by molar-refractivity contribution is 7.71. The number of amides is 1. The van der Waals surface area contributed by atoms with E-state index in [1.54, 1.807) is 11.7 Å². The van der Waals surface area contributed by atoms with E-state index < -0.39 is 0 Å². The lowest BCUT2D eigenvalue weighted by molar-refractivity contribution is -0.122. The van der Waals surface area contributed by atoms with E-state index in [-0.39, 0.29) is 18.5 Å². The maximum absolute atomic E-state index is 12.5. The third-order valence-corrected chi connectivity index (χ3v) is 4.48. The summed E-state index contributed by atoms with van der Waals surface area (Å²) in [6, 6.07) is 7.32. The average molecular weight is 374 g/mol. The highest BCUT2D eigenvalue weighted by atomic mass is 32.1. The number of aromatic amines is 1. The summed E-state index contributed by atoms with van der Waals surface area (Å²) in [7, 11) is 1.60. The summed E-state index contributed by atoms with van der Waals surface area (Å²) >= 11 is 5.22. The smallest absolute Gasteiger partial charge is 0.240 e. The Morgan fingerprint density at radius 3 is 3.04 bits per heavy atom. The summed E-state index contributed by atoms with van der Waals surface area (Å²) in [6.07, 6.45) is 1.69. The fourth-order valence-corrected chi connectivity index (χ4v) is 3.08. The SMILES string of the molecule is CCCc1n[nH]c(=S)n1CC(=O)N[C@H](C)c1cc2cccc(OC)c2o1. The van der Waals surface area contributed by atoms with Crippen LogP contribution in [0.2, 0.25) is 0 Å². The molecule has 7 nitrogen and oxygen atoms in total. The largest absolute Gasteiger partial charge is 0.493 e. The first-order valence-corrected chi connectivity index (χ1v) is 8.94. The molecule has 0 aliphatic heterocycles. The van der Waals surface area contributed by atoms with Crippen LogP contribution in [0.3, 0.4) is 0 Å². The Balaban J connectivity index is 1.74. The van der Waals surface area contributed by atoms with Crippen molar-refractivity contribution >= 4 is 29.1 Å². The van der Waals surface area contributed by atoms with E-state index in [4.69, 9.17) is 21.4 Å². The normalized spacial score (nSPS) is 12.3. The van der Waals surface area contributed by atoms with Crippen LogP contribution in [0.5, 0.6) is 5.75 Å². The number of methoxy groups -OCH3 is 1. The molecule has 138 valence electrons. The van der Waals surface area contributed by atoms with Crippen LogP contribution in [0, 0.1) is 4.77 Å². The second-order valence-corrected chi connectivity index (χ2v) is 6.48. The molecule has 0 unspecified atom stereocenters. The van der Waals surface area contributed by atoms with Gasteiger partial charge in [-0.1, -0.05) is 19.1 Å². The molecule has 8 heteroatoms. The van der Waals surface area contributed by atoms with Crippen molar-refractivity contribution in [2.24, 2.45) is 0 Å². The predicted octanol–water partition coefficient (Wildman–Crippen LogP) is 3.53. The standard InChI is InChI=1S/C18H22N4O3S/c1-4-6-15-20-21-18(26)22(15)10-16(23)19-11(2)14-9-12-7-5-8-13(24-3)17(12)25-14/h5,7-9,11H,4,6,10H2,1-3H3,(H,19,23)(H,21,26)/t11-/m1/s1. The summed E-state index contributed by atoms with van der Waals surface area (Å²) in [4.78, 5) is 12.5. The van der Waals surface area contributed by atoms with Crippen LogP contribution in [0.25, 0.3) is 11.0 Å². The number of fused-ring (bicyclic) bond motifs is 1. The number of furan rings is 1. The van der Waals surface area contributed by atoms with Gasteiger partial charge in [-0.25, -0.2) is 0 Å². The zero-order valence-electron chi connectivity index (χ0n) is 15.0. The maximum Gasteiger partial charge on any atom is 0.240 e. The van der Waals surface area contributed by atoms with E-state index in [9.17, 15) is 4.79 Å². The minimum Gasteiger partial charge on any atom is -0.493 e. The molecule has 1 amide bonds. The molecular formula is C18H22N4O3S. The van der Waals surface area contributed by atoms with Crippen LogP contribution in [0.15, 0.2) is 28.7 Å². The van der Waals surface area contributed by atoms with Crippen molar-refractivity contribution in [2.45, 2.75) is 39.3 Å². The van der Waals surface area contributed by atoms with Gasteiger partial charge in [-0.3, -0.25) is 14.5 Å². The van der Waals surface area contributed by atoms with Crippen LogP contribution in [-0.2, 0) is 17.8 Å². The Morgan fingerprint density at radius 1 is 1.50 bits per heavy atom. The molecule has 0 radical (unpaired) electrons.